The zero-order chi connectivity index (χ0) is 14.3. The predicted molar refractivity (Wildman–Crippen MR) is 76.3 cm³/mol. The normalized spacial score (nSPS) is 12.4. The molecule has 1 heterocycles. The Balaban J connectivity index is 2.73. The van der Waals surface area contributed by atoms with Gasteiger partial charge < -0.3 is 5.32 Å². The molecule has 0 aliphatic heterocycles. The lowest BCUT2D eigenvalue weighted by Crippen LogP contribution is -2.32. The first-order chi connectivity index (χ1) is 9.08. The number of aromatic nitrogens is 1. The minimum Gasteiger partial charge on any atom is -0.314 e. The molecule has 1 aromatic heterocycles. The second-order valence-corrected chi connectivity index (χ2v) is 4.86. The quantitative estimate of drug-likeness (QED) is 0.579. The maximum absolute atomic E-state index is 10.8. The summed E-state index contributed by atoms with van der Waals surface area (Å²) in [6, 6.07) is 2.23. The molecule has 1 rings (SSSR count). The lowest BCUT2D eigenvalue weighted by Gasteiger charge is -2.17. The minimum absolute atomic E-state index is 0.0947. The smallest absolute Gasteiger partial charge is 0.290 e. The number of nitrogens with one attached hydrogen (secondary N) is 1. The number of hydrogen-bond donors (Lipinski definition) is 1. The van der Waals surface area contributed by atoms with E-state index in [2.05, 4.69) is 24.1 Å². The first-order valence-electron chi connectivity index (χ1n) is 6.91. The van der Waals surface area contributed by atoms with Crippen molar-refractivity contribution in [1.29, 1.82) is 0 Å². The van der Waals surface area contributed by atoms with Gasteiger partial charge in [-0.3, -0.25) is 15.1 Å². The van der Waals surface area contributed by atoms with Gasteiger partial charge in [-0.2, -0.15) is 0 Å². The predicted octanol–water partition coefficient (Wildman–Crippen LogP) is 3.01. The Morgan fingerprint density at radius 3 is 2.68 bits per heavy atom. The van der Waals surface area contributed by atoms with Gasteiger partial charge in [0.05, 0.1) is 4.92 Å². The van der Waals surface area contributed by atoms with Crippen LogP contribution in [-0.2, 0) is 6.42 Å². The zero-order valence-corrected chi connectivity index (χ0v) is 12.0. The highest BCUT2D eigenvalue weighted by Crippen LogP contribution is 2.17. The summed E-state index contributed by atoms with van der Waals surface area (Å²) in [7, 11) is 0. The van der Waals surface area contributed by atoms with E-state index >= 15 is 0 Å². The topological polar surface area (TPSA) is 68.1 Å². The Morgan fingerprint density at radius 1 is 1.42 bits per heavy atom. The first-order valence-corrected chi connectivity index (χ1v) is 6.91. The lowest BCUT2D eigenvalue weighted by atomic mass is 10.0. The third-order valence-corrected chi connectivity index (χ3v) is 3.11. The van der Waals surface area contributed by atoms with Gasteiger partial charge in [0.15, 0.2) is 0 Å². The van der Waals surface area contributed by atoms with Crippen LogP contribution in [0.5, 0.6) is 0 Å². The van der Waals surface area contributed by atoms with E-state index in [9.17, 15) is 10.1 Å². The third kappa shape index (κ3) is 4.95. The van der Waals surface area contributed by atoms with E-state index in [-0.39, 0.29) is 10.6 Å². The fourth-order valence-electron chi connectivity index (χ4n) is 2.14. The Bertz CT molecular complexity index is 421. The van der Waals surface area contributed by atoms with Crippen molar-refractivity contribution >= 4 is 5.69 Å². The number of pyridine rings is 1. The highest BCUT2D eigenvalue weighted by Gasteiger charge is 2.14. The number of nitro groups is 1. The standard InChI is InChI=1S/C14H23N3O2/c1-4-6-12(15-7-5-2)9-13-8-11(3)14(10-16-13)17(18)19/h8,10,12,15H,4-7,9H2,1-3H3. The van der Waals surface area contributed by atoms with Gasteiger partial charge in [0.25, 0.3) is 5.69 Å². The van der Waals surface area contributed by atoms with E-state index in [1.807, 2.05) is 6.07 Å². The Kier molecular flexibility index (Phi) is 6.42. The molecule has 0 aromatic carbocycles. The fourth-order valence-corrected chi connectivity index (χ4v) is 2.14. The fraction of sp³-hybridized carbons (Fsp3) is 0.643. The van der Waals surface area contributed by atoms with Crippen LogP contribution < -0.4 is 5.32 Å². The molecule has 1 atom stereocenters. The molecule has 0 amide bonds. The van der Waals surface area contributed by atoms with Gasteiger partial charge in [0.2, 0.25) is 0 Å². The van der Waals surface area contributed by atoms with E-state index in [1.54, 1.807) is 6.92 Å². The molecule has 0 radical (unpaired) electrons. The van der Waals surface area contributed by atoms with Crippen molar-refractivity contribution in [1.82, 2.24) is 10.3 Å². The van der Waals surface area contributed by atoms with Gasteiger partial charge in [-0.05, 0) is 32.4 Å². The van der Waals surface area contributed by atoms with Crippen LogP contribution in [0.4, 0.5) is 5.69 Å². The Hall–Kier alpha value is -1.49. The zero-order valence-electron chi connectivity index (χ0n) is 12.0. The van der Waals surface area contributed by atoms with Crippen molar-refractivity contribution in [2.75, 3.05) is 6.54 Å². The number of rotatable bonds is 8. The van der Waals surface area contributed by atoms with Crippen molar-refractivity contribution in [3.63, 3.8) is 0 Å². The molecular weight excluding hydrogens is 242 g/mol. The molecule has 0 saturated heterocycles. The largest absolute Gasteiger partial charge is 0.314 e. The molecule has 0 saturated carbocycles. The number of aryl methyl sites for hydroxylation is 1. The third-order valence-electron chi connectivity index (χ3n) is 3.11. The maximum Gasteiger partial charge on any atom is 0.290 e. The maximum atomic E-state index is 10.8. The summed E-state index contributed by atoms with van der Waals surface area (Å²) in [4.78, 5) is 14.6. The average molecular weight is 265 g/mol. The van der Waals surface area contributed by atoms with Crippen LogP contribution >= 0.6 is 0 Å². The molecule has 0 aliphatic carbocycles. The molecule has 106 valence electrons. The van der Waals surface area contributed by atoms with Crippen LogP contribution in [0, 0.1) is 17.0 Å². The van der Waals surface area contributed by atoms with Crippen molar-refractivity contribution in [2.45, 2.75) is 52.5 Å². The lowest BCUT2D eigenvalue weighted by molar-refractivity contribution is -0.385. The van der Waals surface area contributed by atoms with E-state index in [0.717, 1.165) is 37.9 Å². The Morgan fingerprint density at radius 2 is 2.16 bits per heavy atom. The van der Waals surface area contributed by atoms with Gasteiger partial charge in [-0.15, -0.1) is 0 Å². The molecule has 19 heavy (non-hydrogen) atoms. The molecule has 0 bridgehead atoms. The van der Waals surface area contributed by atoms with Gasteiger partial charge >= 0.3 is 0 Å². The second kappa shape index (κ2) is 7.84. The summed E-state index contributed by atoms with van der Waals surface area (Å²) >= 11 is 0. The average Bonchev–Trinajstić information content (AvgIpc) is 2.36. The molecule has 1 unspecified atom stereocenters. The van der Waals surface area contributed by atoms with Gasteiger partial charge in [0, 0.05) is 23.7 Å². The summed E-state index contributed by atoms with van der Waals surface area (Å²) in [6.07, 6.45) is 5.51. The van der Waals surface area contributed by atoms with E-state index in [1.165, 1.54) is 6.20 Å². The highest BCUT2D eigenvalue weighted by molar-refractivity contribution is 5.37. The summed E-state index contributed by atoms with van der Waals surface area (Å²) in [5.41, 5.74) is 1.70. The van der Waals surface area contributed by atoms with Crippen LogP contribution in [0.1, 0.15) is 44.4 Å². The summed E-state index contributed by atoms with van der Waals surface area (Å²) < 4.78 is 0. The van der Waals surface area contributed by atoms with Crippen molar-refractivity contribution in [2.24, 2.45) is 0 Å². The number of nitrogens with zero attached hydrogens (tertiary/aromatic N) is 2. The molecule has 0 fully saturated rings. The minimum atomic E-state index is -0.384. The number of hydrogen-bond acceptors (Lipinski definition) is 4. The van der Waals surface area contributed by atoms with E-state index < -0.39 is 0 Å². The van der Waals surface area contributed by atoms with Crippen LogP contribution in [0.2, 0.25) is 0 Å². The van der Waals surface area contributed by atoms with Crippen LogP contribution in [-0.4, -0.2) is 22.5 Å². The first kappa shape index (κ1) is 15.6. The molecule has 1 N–H and O–H groups in total. The monoisotopic (exact) mass is 265 g/mol. The summed E-state index contributed by atoms with van der Waals surface area (Å²) in [6.45, 7) is 7.06. The molecule has 0 spiro atoms. The second-order valence-electron chi connectivity index (χ2n) is 4.86. The van der Waals surface area contributed by atoms with Gasteiger partial charge in [-0.1, -0.05) is 20.3 Å². The molecule has 5 nitrogen and oxygen atoms in total. The Labute approximate surface area is 114 Å². The van der Waals surface area contributed by atoms with Crippen molar-refractivity contribution in [3.8, 4) is 0 Å². The van der Waals surface area contributed by atoms with Crippen LogP contribution in [0.15, 0.2) is 12.3 Å². The van der Waals surface area contributed by atoms with E-state index in [4.69, 9.17) is 0 Å². The molecular formula is C14H23N3O2. The SMILES string of the molecule is CCCNC(CCC)Cc1cc(C)c([N+](=O)[O-])cn1. The van der Waals surface area contributed by atoms with E-state index in [0.29, 0.717) is 11.6 Å². The molecule has 0 aliphatic rings. The van der Waals surface area contributed by atoms with Crippen molar-refractivity contribution < 1.29 is 4.92 Å². The summed E-state index contributed by atoms with van der Waals surface area (Å²) in [5.74, 6) is 0. The van der Waals surface area contributed by atoms with Gasteiger partial charge in [0.1, 0.15) is 6.20 Å². The molecule has 1 aromatic rings. The molecule has 5 heteroatoms. The highest BCUT2D eigenvalue weighted by atomic mass is 16.6. The van der Waals surface area contributed by atoms with Gasteiger partial charge in [-0.25, -0.2) is 0 Å². The van der Waals surface area contributed by atoms with Crippen molar-refractivity contribution in [3.05, 3.63) is 33.6 Å². The van der Waals surface area contributed by atoms with Crippen LogP contribution in [0.3, 0.4) is 0 Å². The summed E-state index contributed by atoms with van der Waals surface area (Å²) in [5, 5.41) is 14.3. The van der Waals surface area contributed by atoms with Crippen LogP contribution in [0.25, 0.3) is 0 Å².